The molecular formula is C23H27FN4O3. The Hall–Kier alpha value is -3.26. The fraction of sp³-hybridized carbons (Fsp3) is 0.348. The first-order valence-electron chi connectivity index (χ1n) is 10.2. The van der Waals surface area contributed by atoms with E-state index in [9.17, 15) is 18.8 Å². The summed E-state index contributed by atoms with van der Waals surface area (Å²) in [7, 11) is 0. The Balaban J connectivity index is 1.40. The topological polar surface area (TPSA) is 81.8 Å². The third kappa shape index (κ3) is 6.62. The Labute approximate surface area is 181 Å². The smallest absolute Gasteiger partial charge is 0.251 e. The van der Waals surface area contributed by atoms with Crippen molar-refractivity contribution in [3.8, 4) is 0 Å². The second-order valence-corrected chi connectivity index (χ2v) is 7.77. The monoisotopic (exact) mass is 426 g/mol. The summed E-state index contributed by atoms with van der Waals surface area (Å²) in [6.07, 6.45) is 0. The molecule has 1 heterocycles. The average Bonchev–Trinajstić information content (AvgIpc) is 2.73. The highest BCUT2D eigenvalue weighted by Gasteiger charge is 2.23. The van der Waals surface area contributed by atoms with Crippen molar-refractivity contribution in [3.63, 3.8) is 0 Å². The minimum atomic E-state index is -0.357. The summed E-state index contributed by atoms with van der Waals surface area (Å²) in [4.78, 5) is 40.6. The van der Waals surface area contributed by atoms with Gasteiger partial charge in [0, 0.05) is 37.4 Å². The van der Waals surface area contributed by atoms with Gasteiger partial charge in [-0.2, -0.15) is 0 Å². The molecule has 1 fully saturated rings. The lowest BCUT2D eigenvalue weighted by Gasteiger charge is -2.34. The normalized spacial score (nSPS) is 14.2. The molecule has 2 N–H and O–H groups in total. The molecule has 2 aromatic rings. The van der Waals surface area contributed by atoms with E-state index in [0.29, 0.717) is 37.4 Å². The van der Waals surface area contributed by atoms with Crippen molar-refractivity contribution in [1.29, 1.82) is 0 Å². The summed E-state index contributed by atoms with van der Waals surface area (Å²) >= 11 is 0. The molecule has 0 aromatic heterocycles. The Kier molecular flexibility index (Phi) is 7.36. The number of hydrogen-bond donors (Lipinski definition) is 2. The zero-order chi connectivity index (χ0) is 22.4. The van der Waals surface area contributed by atoms with E-state index in [0.717, 1.165) is 11.1 Å². The van der Waals surface area contributed by atoms with E-state index in [1.165, 1.54) is 24.3 Å². The maximum Gasteiger partial charge on any atom is 0.251 e. The van der Waals surface area contributed by atoms with Gasteiger partial charge in [0.25, 0.3) is 5.91 Å². The SMILES string of the molecule is Cc1cc(C)cc(C(=O)NCC(=O)N2CCN(CC(=O)Nc3ccc(F)cc3)CC2)c1. The van der Waals surface area contributed by atoms with Crippen molar-refractivity contribution >= 4 is 23.4 Å². The number of carbonyl (C=O) groups is 3. The predicted octanol–water partition coefficient (Wildman–Crippen LogP) is 1.96. The number of nitrogens with zero attached hydrogens (tertiary/aromatic N) is 2. The van der Waals surface area contributed by atoms with Crippen molar-refractivity contribution in [2.45, 2.75) is 13.8 Å². The molecule has 7 nitrogen and oxygen atoms in total. The summed E-state index contributed by atoms with van der Waals surface area (Å²) < 4.78 is 12.9. The van der Waals surface area contributed by atoms with Gasteiger partial charge in [0.2, 0.25) is 11.8 Å². The predicted molar refractivity (Wildman–Crippen MR) is 116 cm³/mol. The summed E-state index contributed by atoms with van der Waals surface area (Å²) in [5, 5.41) is 5.42. The summed E-state index contributed by atoms with van der Waals surface area (Å²) in [6.45, 7) is 6.09. The maximum atomic E-state index is 12.9. The fourth-order valence-corrected chi connectivity index (χ4v) is 3.57. The van der Waals surface area contributed by atoms with Crippen LogP contribution in [-0.2, 0) is 9.59 Å². The number of piperazine rings is 1. The number of hydrogen-bond acceptors (Lipinski definition) is 4. The molecule has 3 amide bonds. The molecule has 1 aliphatic rings. The molecule has 2 aromatic carbocycles. The van der Waals surface area contributed by atoms with Crippen molar-refractivity contribution in [2.75, 3.05) is 44.6 Å². The molecule has 0 bridgehead atoms. The first kappa shape index (κ1) is 22.4. The third-order valence-electron chi connectivity index (χ3n) is 5.10. The second kappa shape index (κ2) is 10.2. The van der Waals surface area contributed by atoms with Crippen molar-refractivity contribution in [1.82, 2.24) is 15.1 Å². The van der Waals surface area contributed by atoms with Crippen LogP contribution in [0.5, 0.6) is 0 Å². The number of benzene rings is 2. The van der Waals surface area contributed by atoms with Gasteiger partial charge in [-0.3, -0.25) is 19.3 Å². The van der Waals surface area contributed by atoms with Gasteiger partial charge in [0.1, 0.15) is 5.82 Å². The van der Waals surface area contributed by atoms with Crippen LogP contribution in [0, 0.1) is 19.7 Å². The number of rotatable bonds is 6. The van der Waals surface area contributed by atoms with E-state index in [1.807, 2.05) is 24.8 Å². The highest BCUT2D eigenvalue weighted by molar-refractivity contribution is 5.96. The highest BCUT2D eigenvalue weighted by atomic mass is 19.1. The van der Waals surface area contributed by atoms with Crippen LogP contribution >= 0.6 is 0 Å². The quantitative estimate of drug-likeness (QED) is 0.740. The molecule has 31 heavy (non-hydrogen) atoms. The van der Waals surface area contributed by atoms with Crippen LogP contribution in [0.1, 0.15) is 21.5 Å². The van der Waals surface area contributed by atoms with Gasteiger partial charge < -0.3 is 15.5 Å². The molecule has 1 aliphatic heterocycles. The third-order valence-corrected chi connectivity index (χ3v) is 5.10. The van der Waals surface area contributed by atoms with Gasteiger partial charge in [-0.1, -0.05) is 17.2 Å². The number of aryl methyl sites for hydroxylation is 2. The van der Waals surface area contributed by atoms with Gasteiger partial charge in [-0.25, -0.2) is 4.39 Å². The maximum absolute atomic E-state index is 12.9. The van der Waals surface area contributed by atoms with Crippen LogP contribution in [0.25, 0.3) is 0 Å². The van der Waals surface area contributed by atoms with Crippen molar-refractivity contribution in [3.05, 3.63) is 65.0 Å². The van der Waals surface area contributed by atoms with Gasteiger partial charge in [-0.05, 0) is 50.2 Å². The van der Waals surface area contributed by atoms with E-state index in [1.54, 1.807) is 17.0 Å². The standard InChI is InChI=1S/C23H27FN4O3/c1-16-11-17(2)13-18(12-16)23(31)25-14-22(30)28-9-7-27(8-10-28)15-21(29)26-20-5-3-19(24)4-6-20/h3-6,11-13H,7-10,14-15H2,1-2H3,(H,25,31)(H,26,29). The largest absolute Gasteiger partial charge is 0.343 e. The average molecular weight is 426 g/mol. The summed E-state index contributed by atoms with van der Waals surface area (Å²) in [5.41, 5.74) is 3.08. The zero-order valence-electron chi connectivity index (χ0n) is 17.8. The lowest BCUT2D eigenvalue weighted by molar-refractivity contribution is -0.132. The number of halogens is 1. The van der Waals surface area contributed by atoms with Crippen LogP contribution in [0.3, 0.4) is 0 Å². The molecule has 0 radical (unpaired) electrons. The highest BCUT2D eigenvalue weighted by Crippen LogP contribution is 2.10. The van der Waals surface area contributed by atoms with Crippen molar-refractivity contribution < 1.29 is 18.8 Å². The molecule has 8 heteroatoms. The molecule has 0 atom stereocenters. The number of nitrogens with one attached hydrogen (secondary N) is 2. The van der Waals surface area contributed by atoms with Gasteiger partial charge in [-0.15, -0.1) is 0 Å². The number of amides is 3. The van der Waals surface area contributed by atoms with Gasteiger partial charge in [0.15, 0.2) is 0 Å². The van der Waals surface area contributed by atoms with Crippen LogP contribution in [-0.4, -0.2) is 66.8 Å². The molecule has 0 aliphatic carbocycles. The van der Waals surface area contributed by atoms with Gasteiger partial charge in [0.05, 0.1) is 13.1 Å². The van der Waals surface area contributed by atoms with E-state index in [4.69, 9.17) is 0 Å². The first-order chi connectivity index (χ1) is 14.8. The van der Waals surface area contributed by atoms with Gasteiger partial charge >= 0.3 is 0 Å². The molecule has 1 saturated heterocycles. The molecule has 0 spiro atoms. The molecule has 3 rings (SSSR count). The zero-order valence-corrected chi connectivity index (χ0v) is 17.8. The van der Waals surface area contributed by atoms with E-state index >= 15 is 0 Å². The van der Waals surface area contributed by atoms with E-state index in [2.05, 4.69) is 10.6 Å². The summed E-state index contributed by atoms with van der Waals surface area (Å²) in [6, 6.07) is 11.2. The minimum absolute atomic E-state index is 0.0587. The fourth-order valence-electron chi connectivity index (χ4n) is 3.57. The number of carbonyl (C=O) groups excluding carboxylic acids is 3. The lowest BCUT2D eigenvalue weighted by Crippen LogP contribution is -2.52. The molecule has 0 saturated carbocycles. The molecule has 0 unspecified atom stereocenters. The van der Waals surface area contributed by atoms with Crippen molar-refractivity contribution in [2.24, 2.45) is 0 Å². The van der Waals surface area contributed by atoms with Crippen LogP contribution in [0.2, 0.25) is 0 Å². The Morgan fingerprint density at radius 3 is 2.16 bits per heavy atom. The number of anilines is 1. The Morgan fingerprint density at radius 2 is 1.55 bits per heavy atom. The van der Waals surface area contributed by atoms with Crippen LogP contribution < -0.4 is 10.6 Å². The first-order valence-corrected chi connectivity index (χ1v) is 10.2. The molecular weight excluding hydrogens is 399 g/mol. The second-order valence-electron chi connectivity index (χ2n) is 7.77. The Morgan fingerprint density at radius 1 is 0.935 bits per heavy atom. The minimum Gasteiger partial charge on any atom is -0.343 e. The Bertz CT molecular complexity index is 934. The van der Waals surface area contributed by atoms with Crippen LogP contribution in [0.15, 0.2) is 42.5 Å². The van der Waals surface area contributed by atoms with E-state index < -0.39 is 0 Å². The van der Waals surface area contributed by atoms with Crippen LogP contribution in [0.4, 0.5) is 10.1 Å². The summed E-state index contributed by atoms with van der Waals surface area (Å²) in [5.74, 6) is -0.958. The molecule has 164 valence electrons. The van der Waals surface area contributed by atoms with E-state index in [-0.39, 0.29) is 36.6 Å². The lowest BCUT2D eigenvalue weighted by atomic mass is 10.1.